The van der Waals surface area contributed by atoms with Gasteiger partial charge in [-0.3, -0.25) is 9.59 Å². The van der Waals surface area contributed by atoms with Crippen LogP contribution in [0.15, 0.2) is 54.6 Å². The number of carbonyl (C=O) groups is 2. The third-order valence-electron chi connectivity index (χ3n) is 4.67. The van der Waals surface area contributed by atoms with Gasteiger partial charge in [-0.1, -0.05) is 74.3 Å². The number of rotatable bonds is 10. The maximum Gasteiger partial charge on any atom is 0.243 e. The summed E-state index contributed by atoms with van der Waals surface area (Å²) in [6.07, 6.45) is 2.76. The monoisotopic (exact) mass is 400 g/mol. The van der Waals surface area contributed by atoms with Crippen LogP contribution >= 0.6 is 11.6 Å². The quantitative estimate of drug-likeness (QED) is 0.592. The molecule has 0 aromatic heterocycles. The van der Waals surface area contributed by atoms with Gasteiger partial charge in [0, 0.05) is 31.0 Å². The van der Waals surface area contributed by atoms with E-state index in [0.717, 1.165) is 24.0 Å². The van der Waals surface area contributed by atoms with E-state index >= 15 is 0 Å². The summed E-state index contributed by atoms with van der Waals surface area (Å²) in [5, 5.41) is 3.65. The normalized spacial score (nSPS) is 11.7. The third kappa shape index (κ3) is 6.68. The fourth-order valence-corrected chi connectivity index (χ4v) is 3.18. The van der Waals surface area contributed by atoms with Gasteiger partial charge in [-0.2, -0.15) is 0 Å². The summed E-state index contributed by atoms with van der Waals surface area (Å²) in [5.74, 6) is -0.144. The molecule has 4 nitrogen and oxygen atoms in total. The molecule has 2 aromatic carbocycles. The molecule has 0 unspecified atom stereocenters. The Hall–Kier alpha value is -2.33. The predicted octanol–water partition coefficient (Wildman–Crippen LogP) is 4.61. The molecule has 0 radical (unpaired) electrons. The molecule has 2 amide bonds. The second-order valence-corrected chi connectivity index (χ2v) is 7.29. The van der Waals surface area contributed by atoms with E-state index in [-0.39, 0.29) is 11.8 Å². The van der Waals surface area contributed by atoms with Gasteiger partial charge in [0.25, 0.3) is 0 Å². The Balaban J connectivity index is 2.28. The summed E-state index contributed by atoms with van der Waals surface area (Å²) < 4.78 is 0. The van der Waals surface area contributed by atoms with E-state index in [9.17, 15) is 9.59 Å². The Kier molecular flexibility index (Phi) is 9.02. The van der Waals surface area contributed by atoms with Crippen LogP contribution in [0.4, 0.5) is 0 Å². The Morgan fingerprint density at radius 2 is 1.68 bits per heavy atom. The number of nitrogens with one attached hydrogen (secondary N) is 1. The van der Waals surface area contributed by atoms with Gasteiger partial charge >= 0.3 is 0 Å². The zero-order valence-electron chi connectivity index (χ0n) is 16.7. The highest BCUT2D eigenvalue weighted by Gasteiger charge is 2.29. The summed E-state index contributed by atoms with van der Waals surface area (Å²) >= 11 is 5.98. The van der Waals surface area contributed by atoms with Crippen molar-refractivity contribution >= 4 is 23.4 Å². The first-order valence-corrected chi connectivity index (χ1v) is 10.3. The molecule has 5 heteroatoms. The van der Waals surface area contributed by atoms with Crippen molar-refractivity contribution in [2.75, 3.05) is 6.54 Å². The van der Waals surface area contributed by atoms with Crippen molar-refractivity contribution in [2.24, 2.45) is 0 Å². The Morgan fingerprint density at radius 1 is 1.00 bits per heavy atom. The molecule has 0 saturated heterocycles. The van der Waals surface area contributed by atoms with E-state index in [1.807, 2.05) is 49.4 Å². The molecule has 1 N–H and O–H groups in total. The first kappa shape index (κ1) is 22.0. The Morgan fingerprint density at radius 3 is 2.29 bits per heavy atom. The van der Waals surface area contributed by atoms with E-state index in [2.05, 4.69) is 12.2 Å². The van der Waals surface area contributed by atoms with Gasteiger partial charge < -0.3 is 10.2 Å². The molecular weight excluding hydrogens is 372 g/mol. The van der Waals surface area contributed by atoms with Crippen molar-refractivity contribution in [3.05, 3.63) is 70.7 Å². The number of amides is 2. The van der Waals surface area contributed by atoms with Crippen LogP contribution in [0, 0.1) is 0 Å². The van der Waals surface area contributed by atoms with Gasteiger partial charge in [0.05, 0.1) is 0 Å². The molecule has 0 spiro atoms. The molecule has 0 heterocycles. The predicted molar refractivity (Wildman–Crippen MR) is 114 cm³/mol. The summed E-state index contributed by atoms with van der Waals surface area (Å²) in [7, 11) is 0. The lowest BCUT2D eigenvalue weighted by atomic mass is 10.0. The highest BCUT2D eigenvalue weighted by atomic mass is 35.5. The number of hydrogen-bond acceptors (Lipinski definition) is 2. The number of benzene rings is 2. The molecule has 0 aliphatic heterocycles. The van der Waals surface area contributed by atoms with Gasteiger partial charge in [-0.05, 0) is 29.7 Å². The third-order valence-corrected chi connectivity index (χ3v) is 4.92. The number of nitrogens with zero attached hydrogens (tertiary/aromatic N) is 1. The summed E-state index contributed by atoms with van der Waals surface area (Å²) in [6, 6.07) is 16.7. The molecule has 28 heavy (non-hydrogen) atoms. The molecule has 1 atom stereocenters. The zero-order chi connectivity index (χ0) is 20.4. The van der Waals surface area contributed by atoms with Crippen molar-refractivity contribution in [3.63, 3.8) is 0 Å². The lowest BCUT2D eigenvalue weighted by Gasteiger charge is -2.31. The standard InChI is InChI=1S/C23H29ClN2O2/c1-3-5-15-25-23(28)21(16-18-9-7-6-8-10-18)26(22(27)4-2)17-19-11-13-20(24)14-12-19/h6-14,21H,3-5,15-17H2,1-2H3,(H,25,28)/t21-/m1/s1. The highest BCUT2D eigenvalue weighted by Crippen LogP contribution is 2.17. The highest BCUT2D eigenvalue weighted by molar-refractivity contribution is 6.30. The Bertz CT molecular complexity index is 747. The smallest absolute Gasteiger partial charge is 0.243 e. The average molecular weight is 401 g/mol. The molecule has 150 valence electrons. The Labute approximate surface area is 172 Å². The largest absolute Gasteiger partial charge is 0.354 e. The minimum atomic E-state index is -0.553. The van der Waals surface area contributed by atoms with Crippen LogP contribution in [-0.4, -0.2) is 29.3 Å². The van der Waals surface area contributed by atoms with E-state index < -0.39 is 6.04 Å². The maximum absolute atomic E-state index is 13.0. The zero-order valence-corrected chi connectivity index (χ0v) is 17.4. The van der Waals surface area contributed by atoms with Gasteiger partial charge in [-0.15, -0.1) is 0 Å². The van der Waals surface area contributed by atoms with Crippen LogP contribution in [-0.2, 0) is 22.6 Å². The fourth-order valence-electron chi connectivity index (χ4n) is 3.05. The van der Waals surface area contributed by atoms with Gasteiger partial charge in [0.1, 0.15) is 6.04 Å². The van der Waals surface area contributed by atoms with Crippen LogP contribution in [0.25, 0.3) is 0 Å². The molecule has 0 aliphatic rings. The molecule has 0 bridgehead atoms. The number of hydrogen-bond donors (Lipinski definition) is 1. The van der Waals surface area contributed by atoms with Crippen molar-refractivity contribution < 1.29 is 9.59 Å². The van der Waals surface area contributed by atoms with E-state index in [0.29, 0.717) is 31.0 Å². The van der Waals surface area contributed by atoms with Crippen molar-refractivity contribution in [1.82, 2.24) is 10.2 Å². The summed E-state index contributed by atoms with van der Waals surface area (Å²) in [5.41, 5.74) is 1.98. The van der Waals surface area contributed by atoms with E-state index in [1.54, 1.807) is 17.0 Å². The SMILES string of the molecule is CCCCNC(=O)[C@@H](Cc1ccccc1)N(Cc1ccc(Cl)cc1)C(=O)CC. The first-order valence-electron chi connectivity index (χ1n) is 9.90. The average Bonchev–Trinajstić information content (AvgIpc) is 2.72. The maximum atomic E-state index is 13.0. The topological polar surface area (TPSA) is 49.4 Å². The van der Waals surface area contributed by atoms with Crippen molar-refractivity contribution in [1.29, 1.82) is 0 Å². The summed E-state index contributed by atoms with van der Waals surface area (Å²) in [6.45, 7) is 4.91. The molecule has 0 saturated carbocycles. The van der Waals surface area contributed by atoms with Crippen molar-refractivity contribution in [3.8, 4) is 0 Å². The van der Waals surface area contributed by atoms with E-state index in [4.69, 9.17) is 11.6 Å². The lowest BCUT2D eigenvalue weighted by Crippen LogP contribution is -2.50. The molecule has 2 rings (SSSR count). The van der Waals surface area contributed by atoms with Crippen molar-refractivity contribution in [2.45, 2.75) is 52.1 Å². The van der Waals surface area contributed by atoms with Crippen LogP contribution in [0.5, 0.6) is 0 Å². The fraction of sp³-hybridized carbons (Fsp3) is 0.391. The number of carbonyl (C=O) groups excluding carboxylic acids is 2. The van der Waals surface area contributed by atoms with Crippen LogP contribution in [0.2, 0.25) is 5.02 Å². The van der Waals surface area contributed by atoms with Crippen LogP contribution in [0.1, 0.15) is 44.2 Å². The number of halogens is 1. The molecule has 0 aliphatic carbocycles. The first-order chi connectivity index (χ1) is 13.5. The van der Waals surface area contributed by atoms with E-state index in [1.165, 1.54) is 0 Å². The van der Waals surface area contributed by atoms with Crippen LogP contribution < -0.4 is 5.32 Å². The summed E-state index contributed by atoms with van der Waals surface area (Å²) in [4.78, 5) is 27.5. The second kappa shape index (κ2) is 11.5. The van der Waals surface area contributed by atoms with Gasteiger partial charge in [0.15, 0.2) is 0 Å². The lowest BCUT2D eigenvalue weighted by molar-refractivity contribution is -0.141. The molecule has 0 fully saturated rings. The molecular formula is C23H29ClN2O2. The second-order valence-electron chi connectivity index (χ2n) is 6.85. The number of unbranched alkanes of at least 4 members (excludes halogenated alkanes) is 1. The van der Waals surface area contributed by atoms with Crippen LogP contribution in [0.3, 0.4) is 0 Å². The molecule has 2 aromatic rings. The minimum absolute atomic E-state index is 0.0403. The van der Waals surface area contributed by atoms with Gasteiger partial charge in [-0.25, -0.2) is 0 Å². The minimum Gasteiger partial charge on any atom is -0.354 e. The van der Waals surface area contributed by atoms with Gasteiger partial charge in [0.2, 0.25) is 11.8 Å².